The number of nitrogens with zero attached hydrogens (tertiary/aromatic N) is 1. The third kappa shape index (κ3) is 2.85. The minimum Gasteiger partial charge on any atom is -0.301 e. The number of hydrogen-bond donors (Lipinski definition) is 0. The lowest BCUT2D eigenvalue weighted by molar-refractivity contribution is 0.660. The Hall–Kier alpha value is -4.14. The normalized spacial score (nSPS) is 13.9. The van der Waals surface area contributed by atoms with Crippen molar-refractivity contribution in [1.29, 1.82) is 0 Å². The first kappa shape index (κ1) is 21.0. The molecule has 0 saturated heterocycles. The first-order valence-corrected chi connectivity index (χ1v) is 13.7. The fourth-order valence-electron chi connectivity index (χ4n) is 6.40. The van der Waals surface area contributed by atoms with Gasteiger partial charge in [0.15, 0.2) is 0 Å². The topological polar surface area (TPSA) is 4.93 Å². The molecule has 8 rings (SSSR count). The highest BCUT2D eigenvalue weighted by atomic mass is 32.1. The summed E-state index contributed by atoms with van der Waals surface area (Å²) in [5, 5.41) is 4.02. The lowest BCUT2D eigenvalue weighted by atomic mass is 9.82. The van der Waals surface area contributed by atoms with Crippen molar-refractivity contribution in [2.75, 3.05) is 0 Å². The molecule has 0 unspecified atom stereocenters. The van der Waals surface area contributed by atoms with E-state index in [1.54, 1.807) is 0 Å². The quantitative estimate of drug-likeness (QED) is 0.227. The van der Waals surface area contributed by atoms with E-state index >= 15 is 0 Å². The average molecular weight is 492 g/mol. The zero-order valence-corrected chi connectivity index (χ0v) is 21.6. The number of hydrogen-bond acceptors (Lipinski definition) is 1. The third-order valence-corrected chi connectivity index (χ3v) is 9.39. The van der Waals surface area contributed by atoms with Crippen LogP contribution in [0.5, 0.6) is 0 Å². The van der Waals surface area contributed by atoms with E-state index in [0.717, 1.165) is 0 Å². The second-order valence-corrected chi connectivity index (χ2v) is 11.6. The second kappa shape index (κ2) is 7.44. The Morgan fingerprint density at radius 3 is 2.14 bits per heavy atom. The van der Waals surface area contributed by atoms with Gasteiger partial charge in [-0.2, -0.15) is 0 Å². The highest BCUT2D eigenvalue weighted by Gasteiger charge is 2.35. The Morgan fingerprint density at radius 2 is 1.27 bits per heavy atom. The molecule has 2 heterocycles. The van der Waals surface area contributed by atoms with Crippen molar-refractivity contribution in [1.82, 2.24) is 4.57 Å². The monoisotopic (exact) mass is 491 g/mol. The highest BCUT2D eigenvalue weighted by molar-refractivity contribution is 7.25. The Kier molecular flexibility index (Phi) is 4.22. The molecule has 0 amide bonds. The van der Waals surface area contributed by atoms with Crippen LogP contribution in [0, 0.1) is 0 Å². The maximum atomic E-state index is 2.43. The molecule has 176 valence electrons. The van der Waals surface area contributed by atoms with Gasteiger partial charge in [0.2, 0.25) is 0 Å². The smallest absolute Gasteiger partial charge is 0.109 e. The molecule has 0 N–H and O–H groups in total. The van der Waals surface area contributed by atoms with Gasteiger partial charge in [0.1, 0.15) is 4.83 Å². The summed E-state index contributed by atoms with van der Waals surface area (Å²) < 4.78 is 3.77. The summed E-state index contributed by atoms with van der Waals surface area (Å²) in [6.07, 6.45) is 0. The molecule has 0 aliphatic heterocycles. The van der Waals surface area contributed by atoms with E-state index in [2.05, 4.69) is 134 Å². The zero-order chi connectivity index (χ0) is 24.7. The molecular formula is C35H25NS. The van der Waals surface area contributed by atoms with E-state index in [1.165, 1.54) is 70.3 Å². The average Bonchev–Trinajstić information content (AvgIpc) is 3.54. The van der Waals surface area contributed by atoms with Gasteiger partial charge < -0.3 is 4.57 Å². The Balaban J connectivity index is 1.27. The molecule has 1 nitrogen and oxygen atoms in total. The van der Waals surface area contributed by atoms with Crippen LogP contribution in [0.15, 0.2) is 115 Å². The van der Waals surface area contributed by atoms with Gasteiger partial charge in [0.25, 0.3) is 0 Å². The predicted molar refractivity (Wildman–Crippen MR) is 159 cm³/mol. The lowest BCUT2D eigenvalue weighted by Gasteiger charge is -2.21. The Morgan fingerprint density at radius 1 is 0.595 bits per heavy atom. The number of thiophene rings is 1. The van der Waals surface area contributed by atoms with Gasteiger partial charge in [0, 0.05) is 32.0 Å². The molecule has 0 fully saturated rings. The zero-order valence-electron chi connectivity index (χ0n) is 20.8. The van der Waals surface area contributed by atoms with E-state index in [4.69, 9.17) is 0 Å². The SMILES string of the molecule is CC1(C)c2ccccc2-c2cc(-c3ccc(-n4c5ccccc5c5c6ccccc6sc54)cc3)ccc21. The number of aromatic nitrogens is 1. The van der Waals surface area contributed by atoms with Crippen LogP contribution in [0.1, 0.15) is 25.0 Å². The van der Waals surface area contributed by atoms with Crippen LogP contribution < -0.4 is 0 Å². The second-order valence-electron chi connectivity index (χ2n) is 10.6. The number of rotatable bonds is 2. The molecular weight excluding hydrogens is 466 g/mol. The van der Waals surface area contributed by atoms with E-state index < -0.39 is 0 Å². The largest absolute Gasteiger partial charge is 0.301 e. The van der Waals surface area contributed by atoms with Crippen LogP contribution in [0.2, 0.25) is 0 Å². The van der Waals surface area contributed by atoms with E-state index in [9.17, 15) is 0 Å². The van der Waals surface area contributed by atoms with Crippen LogP contribution in [-0.2, 0) is 5.41 Å². The maximum absolute atomic E-state index is 2.43. The van der Waals surface area contributed by atoms with Crippen LogP contribution in [0.4, 0.5) is 0 Å². The van der Waals surface area contributed by atoms with Crippen LogP contribution in [0.3, 0.4) is 0 Å². The van der Waals surface area contributed by atoms with Gasteiger partial charge in [0.05, 0.1) is 5.52 Å². The highest BCUT2D eigenvalue weighted by Crippen LogP contribution is 2.49. The van der Waals surface area contributed by atoms with Crippen molar-refractivity contribution < 1.29 is 0 Å². The van der Waals surface area contributed by atoms with Crippen LogP contribution in [-0.4, -0.2) is 4.57 Å². The first-order chi connectivity index (χ1) is 18.1. The predicted octanol–water partition coefficient (Wildman–Crippen LogP) is 9.97. The molecule has 0 radical (unpaired) electrons. The Labute approximate surface area is 220 Å². The summed E-state index contributed by atoms with van der Waals surface area (Å²) >= 11 is 1.88. The van der Waals surface area contributed by atoms with Gasteiger partial charge in [-0.05, 0) is 63.7 Å². The van der Waals surface area contributed by atoms with Gasteiger partial charge in [-0.15, -0.1) is 11.3 Å². The molecule has 0 bridgehead atoms. The van der Waals surface area contributed by atoms with Gasteiger partial charge >= 0.3 is 0 Å². The van der Waals surface area contributed by atoms with E-state index in [0.29, 0.717) is 0 Å². The summed E-state index contributed by atoms with van der Waals surface area (Å²) in [5.74, 6) is 0. The molecule has 0 spiro atoms. The fourth-order valence-corrected chi connectivity index (χ4v) is 7.65. The third-order valence-electron chi connectivity index (χ3n) is 8.24. The molecule has 5 aromatic carbocycles. The van der Waals surface area contributed by atoms with Crippen LogP contribution in [0.25, 0.3) is 59.1 Å². The van der Waals surface area contributed by atoms with Crippen molar-refractivity contribution in [3.63, 3.8) is 0 Å². The molecule has 7 aromatic rings. The molecule has 2 aromatic heterocycles. The molecule has 1 aliphatic carbocycles. The van der Waals surface area contributed by atoms with Crippen molar-refractivity contribution >= 4 is 42.5 Å². The summed E-state index contributed by atoms with van der Waals surface area (Å²) in [4.78, 5) is 1.31. The minimum absolute atomic E-state index is 0.0411. The Bertz CT molecular complexity index is 2000. The summed E-state index contributed by atoms with van der Waals surface area (Å²) in [5.41, 5.74) is 10.6. The van der Waals surface area contributed by atoms with E-state index in [-0.39, 0.29) is 5.41 Å². The number of para-hydroxylation sites is 1. The summed E-state index contributed by atoms with van der Waals surface area (Å²) in [6, 6.07) is 42.5. The van der Waals surface area contributed by atoms with Crippen molar-refractivity contribution in [2.45, 2.75) is 19.3 Å². The summed E-state index contributed by atoms with van der Waals surface area (Å²) in [7, 11) is 0. The number of benzene rings is 5. The molecule has 0 atom stereocenters. The maximum Gasteiger partial charge on any atom is 0.109 e. The van der Waals surface area contributed by atoms with Crippen molar-refractivity contribution in [2.24, 2.45) is 0 Å². The number of fused-ring (bicyclic) bond motifs is 8. The molecule has 0 saturated carbocycles. The van der Waals surface area contributed by atoms with E-state index in [1.807, 2.05) is 11.3 Å². The standard InChI is InChI=1S/C35H25NS/c1-35(2)29-12-6-3-9-25(29)28-21-23(17-20-30(28)35)22-15-18-24(19-16-22)36-31-13-7-4-10-26(31)33-27-11-5-8-14-32(27)37-34(33)36/h3-21H,1-2H3. The molecule has 1 aliphatic rings. The van der Waals surface area contributed by atoms with Crippen LogP contribution >= 0.6 is 11.3 Å². The fraction of sp³-hybridized carbons (Fsp3) is 0.0857. The molecule has 37 heavy (non-hydrogen) atoms. The first-order valence-electron chi connectivity index (χ1n) is 12.9. The van der Waals surface area contributed by atoms with Crippen molar-refractivity contribution in [3.8, 4) is 27.9 Å². The van der Waals surface area contributed by atoms with Gasteiger partial charge in [-0.3, -0.25) is 0 Å². The molecule has 2 heteroatoms. The summed E-state index contributed by atoms with van der Waals surface area (Å²) in [6.45, 7) is 4.67. The van der Waals surface area contributed by atoms with Gasteiger partial charge in [-0.1, -0.05) is 98.8 Å². The minimum atomic E-state index is 0.0411. The van der Waals surface area contributed by atoms with Gasteiger partial charge in [-0.25, -0.2) is 0 Å². The van der Waals surface area contributed by atoms with Crippen molar-refractivity contribution in [3.05, 3.63) is 126 Å². The lowest BCUT2D eigenvalue weighted by Crippen LogP contribution is -2.14.